The van der Waals surface area contributed by atoms with E-state index in [1.54, 1.807) is 17.0 Å². The minimum Gasteiger partial charge on any atom is -0.350 e. The summed E-state index contributed by atoms with van der Waals surface area (Å²) in [5.41, 5.74) is 0.754. The Labute approximate surface area is 213 Å². The van der Waals surface area contributed by atoms with Gasteiger partial charge in [0.2, 0.25) is 11.8 Å². The van der Waals surface area contributed by atoms with E-state index in [0.29, 0.717) is 19.4 Å². The second kappa shape index (κ2) is 11.2. The van der Waals surface area contributed by atoms with E-state index in [4.69, 9.17) is 0 Å². The quantitative estimate of drug-likeness (QED) is 0.525. The summed E-state index contributed by atoms with van der Waals surface area (Å²) >= 11 is 0. The average Bonchev–Trinajstić information content (AvgIpc) is 3.01. The van der Waals surface area contributed by atoms with Gasteiger partial charge < -0.3 is 10.2 Å². The number of nitrogens with one attached hydrogen (secondary N) is 1. The van der Waals surface area contributed by atoms with E-state index in [0.717, 1.165) is 9.87 Å². The van der Waals surface area contributed by atoms with Crippen molar-refractivity contribution in [3.63, 3.8) is 0 Å². The van der Waals surface area contributed by atoms with Gasteiger partial charge in [0, 0.05) is 25.0 Å². The normalized spacial score (nSPS) is 15.3. The van der Waals surface area contributed by atoms with Crippen LogP contribution in [0.2, 0.25) is 0 Å². The molecule has 8 nitrogen and oxygen atoms in total. The lowest BCUT2D eigenvalue weighted by Crippen LogP contribution is -2.54. The Morgan fingerprint density at radius 3 is 2.28 bits per heavy atom. The summed E-state index contributed by atoms with van der Waals surface area (Å²) in [6.07, 6.45) is 1.21. The third-order valence-corrected chi connectivity index (χ3v) is 7.87. The molecule has 36 heavy (non-hydrogen) atoms. The van der Waals surface area contributed by atoms with Crippen LogP contribution in [0.5, 0.6) is 0 Å². The molecule has 0 spiro atoms. The van der Waals surface area contributed by atoms with Gasteiger partial charge in [-0.25, -0.2) is 12.7 Å². The van der Waals surface area contributed by atoms with Gasteiger partial charge in [-0.05, 0) is 57.7 Å². The molecule has 0 aliphatic carbocycles. The Kier molecular flexibility index (Phi) is 8.55. The van der Waals surface area contributed by atoms with Crippen molar-refractivity contribution < 1.29 is 22.8 Å². The zero-order valence-electron chi connectivity index (χ0n) is 21.4. The van der Waals surface area contributed by atoms with Gasteiger partial charge in [-0.1, -0.05) is 49.4 Å². The highest BCUT2D eigenvalue weighted by molar-refractivity contribution is 7.90. The molecule has 0 saturated carbocycles. The number of carbonyl (C=O) groups is 3. The first-order valence-corrected chi connectivity index (χ1v) is 13.7. The van der Waals surface area contributed by atoms with E-state index in [9.17, 15) is 22.8 Å². The number of hydrogen-bond acceptors (Lipinski definition) is 5. The van der Waals surface area contributed by atoms with Crippen LogP contribution in [0, 0.1) is 0 Å². The fourth-order valence-electron chi connectivity index (χ4n) is 4.32. The Bertz CT molecular complexity index is 1210. The van der Waals surface area contributed by atoms with Gasteiger partial charge in [-0.3, -0.25) is 14.4 Å². The maximum absolute atomic E-state index is 13.4. The Morgan fingerprint density at radius 1 is 1.03 bits per heavy atom. The smallest absolute Gasteiger partial charge is 0.269 e. The number of benzene rings is 2. The van der Waals surface area contributed by atoms with Gasteiger partial charge in [-0.15, -0.1) is 0 Å². The summed E-state index contributed by atoms with van der Waals surface area (Å²) in [5.74, 6) is -1.04. The molecule has 3 rings (SSSR count). The summed E-state index contributed by atoms with van der Waals surface area (Å²) in [6.45, 7) is 7.78. The lowest BCUT2D eigenvalue weighted by molar-refractivity contribution is -0.141. The third-order valence-electron chi connectivity index (χ3n) is 6.03. The third kappa shape index (κ3) is 6.32. The molecular weight excluding hydrogens is 478 g/mol. The van der Waals surface area contributed by atoms with Crippen molar-refractivity contribution in [2.24, 2.45) is 0 Å². The van der Waals surface area contributed by atoms with Gasteiger partial charge in [0.1, 0.15) is 10.9 Å². The molecule has 2 aromatic rings. The summed E-state index contributed by atoms with van der Waals surface area (Å²) < 4.78 is 26.4. The van der Waals surface area contributed by atoms with Gasteiger partial charge >= 0.3 is 0 Å². The summed E-state index contributed by atoms with van der Waals surface area (Å²) in [7, 11) is -3.92. The number of nitrogens with zero attached hydrogens (tertiary/aromatic N) is 2. The molecule has 9 heteroatoms. The molecule has 0 bridgehead atoms. The van der Waals surface area contributed by atoms with Crippen LogP contribution in [0.4, 0.5) is 0 Å². The van der Waals surface area contributed by atoms with E-state index >= 15 is 0 Å². The predicted octanol–water partition coefficient (Wildman–Crippen LogP) is 3.38. The maximum atomic E-state index is 13.4. The molecule has 0 aromatic heterocycles. The standard InChI is InChI=1S/C27H35N3O5S/c1-5-22(25(32)28-27(2,3)4)29(19-17-20-12-7-6-8-13-20)24(31)16-11-18-30-26(33)21-14-9-10-15-23(21)36(30,34)35/h6-10,12-15,22H,5,11,16-19H2,1-4H3,(H,28,32)/t22-/m1/s1. The Morgan fingerprint density at radius 2 is 1.67 bits per heavy atom. The van der Waals surface area contributed by atoms with Crippen LogP contribution in [-0.4, -0.2) is 60.0 Å². The topological polar surface area (TPSA) is 104 Å². The predicted molar refractivity (Wildman–Crippen MR) is 138 cm³/mol. The van der Waals surface area contributed by atoms with Crippen molar-refractivity contribution in [2.75, 3.05) is 13.1 Å². The van der Waals surface area contributed by atoms with E-state index in [-0.39, 0.29) is 41.7 Å². The Balaban J connectivity index is 1.71. The van der Waals surface area contributed by atoms with Crippen LogP contribution in [0.3, 0.4) is 0 Å². The van der Waals surface area contributed by atoms with E-state index in [1.807, 2.05) is 58.0 Å². The molecule has 194 valence electrons. The summed E-state index contributed by atoms with van der Waals surface area (Å²) in [6, 6.07) is 15.2. The second-order valence-electron chi connectivity index (χ2n) is 9.97. The van der Waals surface area contributed by atoms with Crippen molar-refractivity contribution in [3.05, 3.63) is 65.7 Å². The number of fused-ring (bicyclic) bond motifs is 1. The highest BCUT2D eigenvalue weighted by Crippen LogP contribution is 2.30. The first-order valence-electron chi connectivity index (χ1n) is 12.3. The summed E-state index contributed by atoms with van der Waals surface area (Å²) in [4.78, 5) is 40.6. The number of hydrogen-bond donors (Lipinski definition) is 1. The number of amides is 3. The molecule has 0 saturated heterocycles. The number of rotatable bonds is 10. The molecule has 1 aliphatic rings. The molecule has 0 unspecified atom stereocenters. The van der Waals surface area contributed by atoms with Gasteiger partial charge in [-0.2, -0.15) is 0 Å². The number of carbonyl (C=O) groups excluding carboxylic acids is 3. The van der Waals surface area contributed by atoms with Crippen molar-refractivity contribution in [1.82, 2.24) is 14.5 Å². The lowest BCUT2D eigenvalue weighted by atomic mass is 10.0. The van der Waals surface area contributed by atoms with Crippen LogP contribution in [0.25, 0.3) is 0 Å². The fraction of sp³-hybridized carbons (Fsp3) is 0.444. The number of sulfonamides is 1. The maximum Gasteiger partial charge on any atom is 0.269 e. The Hall–Kier alpha value is -3.20. The zero-order valence-corrected chi connectivity index (χ0v) is 22.2. The van der Waals surface area contributed by atoms with Crippen LogP contribution in [-0.2, 0) is 26.0 Å². The summed E-state index contributed by atoms with van der Waals surface area (Å²) in [5, 5.41) is 2.97. The van der Waals surface area contributed by atoms with Crippen LogP contribution in [0.15, 0.2) is 59.5 Å². The first kappa shape index (κ1) is 27.4. The van der Waals surface area contributed by atoms with Crippen molar-refractivity contribution in [2.45, 2.75) is 69.9 Å². The molecular formula is C27H35N3O5S. The molecule has 1 N–H and O–H groups in total. The van der Waals surface area contributed by atoms with Gasteiger partial charge in [0.15, 0.2) is 0 Å². The van der Waals surface area contributed by atoms with E-state index in [2.05, 4.69) is 5.32 Å². The highest BCUT2D eigenvalue weighted by atomic mass is 32.2. The first-order chi connectivity index (χ1) is 17.0. The molecule has 1 heterocycles. The SMILES string of the molecule is CC[C@H](C(=O)NC(C)(C)C)N(CCc1ccccc1)C(=O)CCCN1C(=O)c2ccccc2S1(=O)=O. The zero-order chi connectivity index (χ0) is 26.5. The molecule has 0 fully saturated rings. The van der Waals surface area contributed by atoms with E-state index < -0.39 is 27.5 Å². The minimum absolute atomic E-state index is 0.00397. The minimum atomic E-state index is -3.92. The fourth-order valence-corrected chi connectivity index (χ4v) is 5.93. The largest absolute Gasteiger partial charge is 0.350 e. The van der Waals surface area contributed by atoms with Crippen molar-refractivity contribution in [3.8, 4) is 0 Å². The van der Waals surface area contributed by atoms with Crippen LogP contribution < -0.4 is 5.32 Å². The monoisotopic (exact) mass is 513 g/mol. The molecule has 0 radical (unpaired) electrons. The van der Waals surface area contributed by atoms with E-state index in [1.165, 1.54) is 12.1 Å². The molecule has 2 aromatic carbocycles. The van der Waals surface area contributed by atoms with Crippen molar-refractivity contribution in [1.29, 1.82) is 0 Å². The highest BCUT2D eigenvalue weighted by Gasteiger charge is 2.40. The second-order valence-corrected chi connectivity index (χ2v) is 11.8. The van der Waals surface area contributed by atoms with Crippen LogP contribution >= 0.6 is 0 Å². The van der Waals surface area contributed by atoms with Gasteiger partial charge in [0.05, 0.1) is 5.56 Å². The van der Waals surface area contributed by atoms with Crippen LogP contribution in [0.1, 0.15) is 62.9 Å². The molecule has 1 aliphatic heterocycles. The molecule has 3 amide bonds. The van der Waals surface area contributed by atoms with Gasteiger partial charge in [0.25, 0.3) is 15.9 Å². The lowest BCUT2D eigenvalue weighted by Gasteiger charge is -2.33. The average molecular weight is 514 g/mol. The molecule has 1 atom stereocenters. The van der Waals surface area contributed by atoms with Crippen molar-refractivity contribution >= 4 is 27.7 Å².